The Bertz CT molecular complexity index is 568. The number of rotatable bonds is 3. The van der Waals surface area contributed by atoms with Gasteiger partial charge in [0, 0.05) is 26.9 Å². The molecule has 1 aromatic heterocycles. The molecule has 2 rings (SSSR count). The molecule has 17 heavy (non-hydrogen) atoms. The van der Waals surface area contributed by atoms with Crippen LogP contribution < -0.4 is 0 Å². The number of nitrogens with zero attached hydrogens (tertiary/aromatic N) is 3. The molecule has 0 amide bonds. The van der Waals surface area contributed by atoms with E-state index >= 15 is 0 Å². The summed E-state index contributed by atoms with van der Waals surface area (Å²) >= 11 is 5.57. The van der Waals surface area contributed by atoms with Crippen LogP contribution in [0.2, 0.25) is 0 Å². The van der Waals surface area contributed by atoms with Crippen LogP contribution in [0.4, 0.5) is 0 Å². The molecule has 88 valence electrons. The van der Waals surface area contributed by atoms with Crippen LogP contribution in [0, 0.1) is 3.57 Å². The van der Waals surface area contributed by atoms with Gasteiger partial charge < -0.3 is 0 Å². The Hall–Kier alpha value is -0.760. The summed E-state index contributed by atoms with van der Waals surface area (Å²) in [6.07, 6.45) is 2.02. The molecule has 0 aliphatic carbocycles. The summed E-state index contributed by atoms with van der Waals surface area (Å²) in [5.41, 5.74) is 1.37. The van der Waals surface area contributed by atoms with E-state index in [1.54, 1.807) is 17.9 Å². The van der Waals surface area contributed by atoms with Gasteiger partial charge in [0.15, 0.2) is 5.78 Å². The summed E-state index contributed by atoms with van der Waals surface area (Å²) in [6, 6.07) is 5.69. The van der Waals surface area contributed by atoms with Crippen molar-refractivity contribution >= 4 is 44.3 Å². The molecule has 0 unspecified atom stereocenters. The maximum atomic E-state index is 12.1. The van der Waals surface area contributed by atoms with Crippen LogP contribution in [-0.4, -0.2) is 20.8 Å². The highest BCUT2D eigenvalue weighted by atomic mass is 127. The standard InChI is InChI=1S/C11H9BrIN3O/c1-16-6-8(14-15-16)5-11(17)9-4-7(13)2-3-10(9)12/h2-4,6H,5H2,1H3. The van der Waals surface area contributed by atoms with Crippen LogP contribution in [0.3, 0.4) is 0 Å². The number of carbonyl (C=O) groups excluding carboxylic acids is 1. The van der Waals surface area contributed by atoms with E-state index in [0.717, 1.165) is 8.04 Å². The number of ketones is 1. The van der Waals surface area contributed by atoms with Crippen molar-refractivity contribution in [2.45, 2.75) is 6.42 Å². The number of hydrogen-bond acceptors (Lipinski definition) is 3. The van der Waals surface area contributed by atoms with Gasteiger partial charge in [-0.2, -0.15) is 0 Å². The maximum Gasteiger partial charge on any atom is 0.170 e. The molecule has 6 heteroatoms. The third-order valence-electron chi connectivity index (χ3n) is 2.22. The SMILES string of the molecule is Cn1cc(CC(=O)c2cc(I)ccc2Br)nn1. The first-order chi connectivity index (χ1) is 8.06. The van der Waals surface area contributed by atoms with Crippen molar-refractivity contribution in [1.29, 1.82) is 0 Å². The van der Waals surface area contributed by atoms with Crippen LogP contribution in [0.15, 0.2) is 28.9 Å². The highest BCUT2D eigenvalue weighted by Gasteiger charge is 2.13. The van der Waals surface area contributed by atoms with Crippen LogP contribution in [0.25, 0.3) is 0 Å². The van der Waals surface area contributed by atoms with Gasteiger partial charge in [0.1, 0.15) is 0 Å². The van der Waals surface area contributed by atoms with Crippen molar-refractivity contribution in [2.24, 2.45) is 7.05 Å². The first-order valence-electron chi connectivity index (χ1n) is 4.89. The zero-order chi connectivity index (χ0) is 12.4. The average molecular weight is 406 g/mol. The van der Waals surface area contributed by atoms with E-state index in [4.69, 9.17) is 0 Å². The summed E-state index contributed by atoms with van der Waals surface area (Å²) in [5.74, 6) is 0.0379. The normalized spacial score (nSPS) is 10.5. The van der Waals surface area contributed by atoms with Gasteiger partial charge in [0.2, 0.25) is 0 Å². The lowest BCUT2D eigenvalue weighted by molar-refractivity contribution is 0.0991. The van der Waals surface area contributed by atoms with Crippen molar-refractivity contribution in [3.05, 3.63) is 43.7 Å². The lowest BCUT2D eigenvalue weighted by Crippen LogP contribution is -2.05. The van der Waals surface area contributed by atoms with Gasteiger partial charge in [-0.3, -0.25) is 9.48 Å². The molecular weight excluding hydrogens is 397 g/mol. The van der Waals surface area contributed by atoms with Gasteiger partial charge in [0.25, 0.3) is 0 Å². The molecule has 0 aliphatic rings. The predicted octanol–water partition coefficient (Wildman–Crippen LogP) is 2.61. The summed E-state index contributed by atoms with van der Waals surface area (Å²) in [4.78, 5) is 12.1. The van der Waals surface area contributed by atoms with E-state index in [1.165, 1.54) is 0 Å². The molecule has 0 atom stereocenters. The van der Waals surface area contributed by atoms with Gasteiger partial charge in [-0.25, -0.2) is 0 Å². The summed E-state index contributed by atoms with van der Waals surface area (Å²) < 4.78 is 3.44. The Morgan fingerprint density at radius 2 is 2.29 bits per heavy atom. The molecule has 0 N–H and O–H groups in total. The zero-order valence-corrected chi connectivity index (χ0v) is 12.8. The van der Waals surface area contributed by atoms with E-state index in [0.29, 0.717) is 11.3 Å². The van der Waals surface area contributed by atoms with Gasteiger partial charge in [-0.1, -0.05) is 21.1 Å². The lowest BCUT2D eigenvalue weighted by atomic mass is 10.1. The molecule has 0 fully saturated rings. The molecule has 4 nitrogen and oxygen atoms in total. The highest BCUT2D eigenvalue weighted by Crippen LogP contribution is 2.21. The van der Waals surface area contributed by atoms with E-state index in [2.05, 4.69) is 48.8 Å². The third kappa shape index (κ3) is 3.12. The van der Waals surface area contributed by atoms with Gasteiger partial charge in [-0.15, -0.1) is 5.10 Å². The molecule has 1 aromatic carbocycles. The molecular formula is C11H9BrIN3O. The number of Topliss-reactive ketones (excluding diaryl/α,β-unsaturated/α-hetero) is 1. The number of halogens is 2. The third-order valence-corrected chi connectivity index (χ3v) is 3.58. The average Bonchev–Trinajstić information content (AvgIpc) is 2.67. The molecule has 1 heterocycles. The number of carbonyl (C=O) groups is 1. The van der Waals surface area contributed by atoms with Crippen molar-refractivity contribution in [3.63, 3.8) is 0 Å². The number of aromatic nitrogens is 3. The smallest absolute Gasteiger partial charge is 0.170 e. The largest absolute Gasteiger partial charge is 0.294 e. The quantitative estimate of drug-likeness (QED) is 0.582. The Balaban J connectivity index is 2.22. The molecule has 2 aromatic rings. The monoisotopic (exact) mass is 405 g/mol. The molecule has 0 saturated heterocycles. The Labute approximate surface area is 121 Å². The Morgan fingerprint density at radius 3 is 2.94 bits per heavy atom. The minimum atomic E-state index is 0.0379. The topological polar surface area (TPSA) is 47.8 Å². The fraction of sp³-hybridized carbons (Fsp3) is 0.182. The Kier molecular flexibility index (Phi) is 3.93. The van der Waals surface area contributed by atoms with Gasteiger partial charge >= 0.3 is 0 Å². The van der Waals surface area contributed by atoms with Crippen molar-refractivity contribution in [2.75, 3.05) is 0 Å². The molecule has 0 saturated carbocycles. The number of benzene rings is 1. The van der Waals surface area contributed by atoms with Gasteiger partial charge in [0.05, 0.1) is 12.1 Å². The van der Waals surface area contributed by atoms with E-state index < -0.39 is 0 Å². The lowest BCUT2D eigenvalue weighted by Gasteiger charge is -2.02. The molecule has 0 aliphatic heterocycles. The van der Waals surface area contributed by atoms with E-state index in [1.807, 2.05) is 18.2 Å². The minimum Gasteiger partial charge on any atom is -0.294 e. The van der Waals surface area contributed by atoms with Gasteiger partial charge in [-0.05, 0) is 40.8 Å². The second-order valence-corrected chi connectivity index (χ2v) is 5.71. The Morgan fingerprint density at radius 1 is 1.53 bits per heavy atom. The first-order valence-corrected chi connectivity index (χ1v) is 6.77. The molecule has 0 spiro atoms. The van der Waals surface area contributed by atoms with Crippen LogP contribution >= 0.6 is 38.5 Å². The minimum absolute atomic E-state index is 0.0379. The summed E-state index contributed by atoms with van der Waals surface area (Å²) in [7, 11) is 1.78. The highest BCUT2D eigenvalue weighted by molar-refractivity contribution is 14.1. The van der Waals surface area contributed by atoms with E-state index in [9.17, 15) is 4.79 Å². The fourth-order valence-corrected chi connectivity index (χ4v) is 2.41. The van der Waals surface area contributed by atoms with Crippen LogP contribution in [0.1, 0.15) is 16.1 Å². The zero-order valence-electron chi connectivity index (χ0n) is 9.02. The number of aryl methyl sites for hydroxylation is 1. The van der Waals surface area contributed by atoms with Crippen LogP contribution in [-0.2, 0) is 13.5 Å². The van der Waals surface area contributed by atoms with Crippen molar-refractivity contribution in [1.82, 2.24) is 15.0 Å². The summed E-state index contributed by atoms with van der Waals surface area (Å²) in [5, 5.41) is 7.71. The van der Waals surface area contributed by atoms with Crippen LogP contribution in [0.5, 0.6) is 0 Å². The number of hydrogen-bond donors (Lipinski definition) is 0. The molecule has 0 radical (unpaired) electrons. The first kappa shape index (κ1) is 12.7. The fourth-order valence-electron chi connectivity index (χ4n) is 1.45. The van der Waals surface area contributed by atoms with E-state index in [-0.39, 0.29) is 12.2 Å². The van der Waals surface area contributed by atoms with Crippen molar-refractivity contribution < 1.29 is 4.79 Å². The second kappa shape index (κ2) is 5.26. The van der Waals surface area contributed by atoms with Crippen molar-refractivity contribution in [3.8, 4) is 0 Å². The second-order valence-electron chi connectivity index (χ2n) is 3.61. The summed E-state index contributed by atoms with van der Waals surface area (Å²) in [6.45, 7) is 0. The molecule has 0 bridgehead atoms. The predicted molar refractivity (Wildman–Crippen MR) is 75.9 cm³/mol. The maximum absolute atomic E-state index is 12.1.